The number of carbonyl (C=O) groups excluding carboxylic acids is 1. The normalized spacial score (nSPS) is 39.5. The van der Waals surface area contributed by atoms with E-state index >= 15 is 0 Å². The molecule has 0 amide bonds. The van der Waals surface area contributed by atoms with Crippen molar-refractivity contribution in [1.82, 2.24) is 0 Å². The highest BCUT2D eigenvalue weighted by Crippen LogP contribution is 2.29. The first-order chi connectivity index (χ1) is 10.8. The molecular weight excluding hydrogens is 320 g/mol. The Morgan fingerprint density at radius 1 is 1.13 bits per heavy atom. The average molecular weight is 338 g/mol. The number of ether oxygens (including phenoxy) is 3. The summed E-state index contributed by atoms with van der Waals surface area (Å²) in [5.41, 5.74) is 0. The molecule has 2 rings (SSSR count). The van der Waals surface area contributed by atoms with E-state index in [0.29, 0.717) is 0 Å². The molecule has 0 saturated carbocycles. The van der Waals surface area contributed by atoms with Gasteiger partial charge in [0.25, 0.3) is 0 Å². The number of rotatable bonds is 5. The van der Waals surface area contributed by atoms with Crippen LogP contribution in [0, 0.1) is 0 Å². The van der Waals surface area contributed by atoms with Crippen LogP contribution < -0.4 is 0 Å². The highest BCUT2D eigenvalue weighted by molar-refractivity contribution is 5.82. The third-order valence-electron chi connectivity index (χ3n) is 3.52. The molecule has 0 aromatic heterocycles. The van der Waals surface area contributed by atoms with E-state index < -0.39 is 73.6 Å². The standard InChI is InChI=1S/C12H18O11/c13-1-3(15)9-8(19)10(11(20)22-9)23-12-7(18)6(17)5(16)4(2-14)21-12/h3-7,10,12-19H,1-2H2/t3?,4?,5-,6?,7+,10?,12-/m1/s1. The maximum Gasteiger partial charge on any atom is 0.348 e. The number of aliphatic hydroxyl groups is 7. The van der Waals surface area contributed by atoms with E-state index in [0.717, 1.165) is 0 Å². The van der Waals surface area contributed by atoms with Crippen LogP contribution in [0.2, 0.25) is 0 Å². The van der Waals surface area contributed by atoms with Crippen LogP contribution in [-0.2, 0) is 19.0 Å². The minimum atomic E-state index is -1.78. The molecule has 11 nitrogen and oxygen atoms in total. The minimum absolute atomic E-state index is 0.605. The summed E-state index contributed by atoms with van der Waals surface area (Å²) in [5.74, 6) is -2.57. The SMILES string of the molecule is O=C1OC(C(O)CO)=C(O)C1O[C@H]1OC(CO)[C@@H](O)C(O)[C@@H]1O. The van der Waals surface area contributed by atoms with Gasteiger partial charge in [-0.15, -0.1) is 0 Å². The molecule has 1 fully saturated rings. The molecule has 7 atom stereocenters. The summed E-state index contributed by atoms with van der Waals surface area (Å²) in [6.07, 6.45) is -11.5. The third kappa shape index (κ3) is 3.32. The van der Waals surface area contributed by atoms with Crippen molar-refractivity contribution in [3.8, 4) is 0 Å². The van der Waals surface area contributed by atoms with Crippen LogP contribution in [-0.4, -0.2) is 97.8 Å². The number of hydrogen-bond acceptors (Lipinski definition) is 11. The molecule has 0 bridgehead atoms. The first-order valence-corrected chi connectivity index (χ1v) is 6.71. The lowest BCUT2D eigenvalue weighted by atomic mass is 9.99. The zero-order valence-corrected chi connectivity index (χ0v) is 11.7. The lowest BCUT2D eigenvalue weighted by Crippen LogP contribution is -2.60. The topological polar surface area (TPSA) is 186 Å². The van der Waals surface area contributed by atoms with Crippen LogP contribution in [0.4, 0.5) is 0 Å². The Morgan fingerprint density at radius 2 is 1.78 bits per heavy atom. The molecule has 0 radical (unpaired) electrons. The molecule has 4 unspecified atom stereocenters. The molecule has 2 aliphatic heterocycles. The second kappa shape index (κ2) is 7.07. The molecule has 2 aliphatic rings. The highest BCUT2D eigenvalue weighted by atomic mass is 16.7. The lowest BCUT2D eigenvalue weighted by Gasteiger charge is -2.40. The Hall–Kier alpha value is -1.31. The fourth-order valence-corrected chi connectivity index (χ4v) is 2.21. The van der Waals surface area contributed by atoms with Gasteiger partial charge in [0.1, 0.15) is 30.5 Å². The number of esters is 1. The quantitative estimate of drug-likeness (QED) is 0.241. The molecule has 11 heteroatoms. The molecule has 7 N–H and O–H groups in total. The molecular formula is C12H18O11. The summed E-state index contributed by atoms with van der Waals surface area (Å²) in [7, 11) is 0. The maximum absolute atomic E-state index is 11.7. The zero-order valence-electron chi connectivity index (χ0n) is 11.7. The van der Waals surface area contributed by atoms with Crippen molar-refractivity contribution < 1.29 is 54.8 Å². The van der Waals surface area contributed by atoms with Gasteiger partial charge in [0, 0.05) is 0 Å². The first kappa shape index (κ1) is 18.0. The first-order valence-electron chi connectivity index (χ1n) is 6.71. The van der Waals surface area contributed by atoms with E-state index in [-0.39, 0.29) is 0 Å². The third-order valence-corrected chi connectivity index (χ3v) is 3.52. The van der Waals surface area contributed by atoms with E-state index in [1.165, 1.54) is 0 Å². The van der Waals surface area contributed by atoms with E-state index in [9.17, 15) is 30.3 Å². The van der Waals surface area contributed by atoms with Crippen molar-refractivity contribution in [3.63, 3.8) is 0 Å². The van der Waals surface area contributed by atoms with Crippen molar-refractivity contribution in [2.24, 2.45) is 0 Å². The molecule has 1 saturated heterocycles. The summed E-state index contributed by atoms with van der Waals surface area (Å²) in [5, 5.41) is 66.1. The fourth-order valence-electron chi connectivity index (χ4n) is 2.21. The summed E-state index contributed by atoms with van der Waals surface area (Å²) in [6, 6.07) is 0. The zero-order chi connectivity index (χ0) is 17.3. The van der Waals surface area contributed by atoms with Crippen molar-refractivity contribution in [3.05, 3.63) is 11.5 Å². The largest absolute Gasteiger partial charge is 0.506 e. The van der Waals surface area contributed by atoms with Crippen molar-refractivity contribution in [2.75, 3.05) is 13.2 Å². The molecule has 2 heterocycles. The van der Waals surface area contributed by atoms with Gasteiger partial charge in [-0.05, 0) is 0 Å². The Balaban J connectivity index is 2.14. The van der Waals surface area contributed by atoms with Crippen LogP contribution in [0.25, 0.3) is 0 Å². The van der Waals surface area contributed by atoms with Crippen LogP contribution in [0.3, 0.4) is 0 Å². The summed E-state index contributed by atoms with van der Waals surface area (Å²) >= 11 is 0. The van der Waals surface area contributed by atoms with Gasteiger partial charge < -0.3 is 50.0 Å². The van der Waals surface area contributed by atoms with Gasteiger partial charge >= 0.3 is 5.97 Å². The van der Waals surface area contributed by atoms with Gasteiger partial charge in [0.05, 0.1) is 13.2 Å². The summed E-state index contributed by atoms with van der Waals surface area (Å²) in [4.78, 5) is 11.7. The molecule has 0 aromatic carbocycles. The Bertz CT molecular complexity index is 476. The lowest BCUT2D eigenvalue weighted by molar-refractivity contribution is -0.307. The predicted molar refractivity (Wildman–Crippen MR) is 67.5 cm³/mol. The number of aliphatic hydroxyl groups excluding tert-OH is 7. The van der Waals surface area contributed by atoms with Crippen LogP contribution in [0.5, 0.6) is 0 Å². The molecule has 0 aliphatic carbocycles. The van der Waals surface area contributed by atoms with E-state index in [2.05, 4.69) is 4.74 Å². The molecule has 0 aromatic rings. The van der Waals surface area contributed by atoms with Gasteiger partial charge in [-0.25, -0.2) is 4.79 Å². The monoisotopic (exact) mass is 338 g/mol. The van der Waals surface area contributed by atoms with Gasteiger partial charge in [0.2, 0.25) is 6.10 Å². The number of cyclic esters (lactones) is 1. The Kier molecular flexibility index (Phi) is 5.54. The maximum atomic E-state index is 11.7. The Labute approximate surface area is 129 Å². The number of hydrogen-bond donors (Lipinski definition) is 7. The summed E-state index contributed by atoms with van der Waals surface area (Å²) in [6.45, 7) is -1.52. The van der Waals surface area contributed by atoms with Crippen molar-refractivity contribution in [2.45, 2.75) is 42.9 Å². The predicted octanol–water partition coefficient (Wildman–Crippen LogP) is -4.15. The summed E-state index contributed by atoms with van der Waals surface area (Å²) < 4.78 is 14.6. The second-order valence-corrected chi connectivity index (χ2v) is 5.08. The van der Waals surface area contributed by atoms with Crippen LogP contribution >= 0.6 is 0 Å². The van der Waals surface area contributed by atoms with Gasteiger partial charge in [0.15, 0.2) is 17.8 Å². The second-order valence-electron chi connectivity index (χ2n) is 5.08. The van der Waals surface area contributed by atoms with E-state index in [1.54, 1.807) is 0 Å². The fraction of sp³-hybridized carbons (Fsp3) is 0.750. The van der Waals surface area contributed by atoms with Crippen molar-refractivity contribution in [1.29, 1.82) is 0 Å². The highest BCUT2D eigenvalue weighted by Gasteiger charge is 2.48. The van der Waals surface area contributed by atoms with Gasteiger partial charge in [-0.2, -0.15) is 0 Å². The van der Waals surface area contributed by atoms with E-state index in [4.69, 9.17) is 19.7 Å². The Morgan fingerprint density at radius 3 is 2.35 bits per heavy atom. The average Bonchev–Trinajstić information content (AvgIpc) is 2.82. The van der Waals surface area contributed by atoms with Crippen LogP contribution in [0.1, 0.15) is 0 Å². The van der Waals surface area contributed by atoms with Crippen molar-refractivity contribution >= 4 is 5.97 Å². The number of carbonyl (C=O) groups is 1. The van der Waals surface area contributed by atoms with Gasteiger partial charge in [-0.1, -0.05) is 0 Å². The van der Waals surface area contributed by atoms with Crippen LogP contribution in [0.15, 0.2) is 11.5 Å². The minimum Gasteiger partial charge on any atom is -0.506 e. The smallest absolute Gasteiger partial charge is 0.348 e. The molecule has 132 valence electrons. The molecule has 0 spiro atoms. The van der Waals surface area contributed by atoms with E-state index in [1.807, 2.05) is 0 Å². The molecule has 23 heavy (non-hydrogen) atoms. The van der Waals surface area contributed by atoms with Gasteiger partial charge in [-0.3, -0.25) is 0 Å².